The van der Waals surface area contributed by atoms with Crippen molar-refractivity contribution in [2.24, 2.45) is 0 Å². The van der Waals surface area contributed by atoms with Crippen molar-refractivity contribution in [3.8, 4) is 5.88 Å². The van der Waals surface area contributed by atoms with E-state index in [1.165, 1.54) is 17.9 Å². The number of ether oxygens (including phenoxy) is 2. The molecule has 0 amide bonds. The van der Waals surface area contributed by atoms with Crippen LogP contribution in [-0.4, -0.2) is 31.3 Å². The summed E-state index contributed by atoms with van der Waals surface area (Å²) in [5, 5.41) is -0.205. The number of pyridine rings is 1. The molecular formula is C16H20F3N3O2Si. The van der Waals surface area contributed by atoms with Crippen LogP contribution in [0.15, 0.2) is 12.4 Å². The average molecular weight is 371 g/mol. The normalized spacial score (nSPS) is 12.4. The highest BCUT2D eigenvalue weighted by Gasteiger charge is 2.36. The van der Waals surface area contributed by atoms with Gasteiger partial charge >= 0.3 is 6.18 Å². The molecule has 0 atom stereocenters. The number of hydrogen-bond donors (Lipinski definition) is 0. The molecule has 136 valence electrons. The predicted molar refractivity (Wildman–Crippen MR) is 91.7 cm³/mol. The number of alkyl halides is 3. The van der Waals surface area contributed by atoms with Gasteiger partial charge in [-0.3, -0.25) is 0 Å². The van der Waals surface area contributed by atoms with Gasteiger partial charge in [-0.2, -0.15) is 13.2 Å². The minimum absolute atomic E-state index is 0.0340. The second-order valence-corrected chi connectivity index (χ2v) is 12.5. The molecular weight excluding hydrogens is 351 g/mol. The summed E-state index contributed by atoms with van der Waals surface area (Å²) in [7, 11) is 0.0584. The summed E-state index contributed by atoms with van der Waals surface area (Å²) in [6.07, 6.45) is -2.56. The number of nitrogens with zero attached hydrogens (tertiary/aromatic N) is 3. The second kappa shape index (κ2) is 7.05. The van der Waals surface area contributed by atoms with E-state index in [4.69, 9.17) is 16.0 Å². The van der Waals surface area contributed by atoms with Crippen molar-refractivity contribution in [1.82, 2.24) is 9.55 Å². The zero-order valence-electron chi connectivity index (χ0n) is 14.6. The third kappa shape index (κ3) is 4.32. The lowest BCUT2D eigenvalue weighted by atomic mass is 10.1. The summed E-state index contributed by atoms with van der Waals surface area (Å²) in [4.78, 5) is 6.99. The molecule has 0 N–H and O–H groups in total. The van der Waals surface area contributed by atoms with Gasteiger partial charge in [-0.05, 0) is 6.04 Å². The third-order valence-corrected chi connectivity index (χ3v) is 5.39. The van der Waals surface area contributed by atoms with Gasteiger partial charge in [0.15, 0.2) is 0 Å². The van der Waals surface area contributed by atoms with Gasteiger partial charge in [-0.15, -0.1) is 0 Å². The van der Waals surface area contributed by atoms with Gasteiger partial charge in [-0.25, -0.2) is 9.83 Å². The largest absolute Gasteiger partial charge is 0.480 e. The minimum atomic E-state index is -4.61. The molecule has 2 aromatic heterocycles. The van der Waals surface area contributed by atoms with Crippen LogP contribution in [0.4, 0.5) is 18.9 Å². The summed E-state index contributed by atoms with van der Waals surface area (Å²) in [6, 6.07) is 0.936. The molecule has 0 saturated carbocycles. The second-order valence-electron chi connectivity index (χ2n) is 6.85. The molecule has 0 aliphatic carbocycles. The zero-order chi connectivity index (χ0) is 18.8. The first-order chi connectivity index (χ1) is 11.6. The molecule has 0 radical (unpaired) electrons. The molecule has 9 heteroatoms. The van der Waals surface area contributed by atoms with Crippen molar-refractivity contribution < 1.29 is 22.6 Å². The first kappa shape index (κ1) is 19.3. The van der Waals surface area contributed by atoms with Crippen LogP contribution in [0, 0.1) is 6.57 Å². The standard InChI is InChI=1S/C16H20F3N3O2Si/c1-20-12-9-22(10-24-6-7-25(3,4)5)14-13(12)11(16(17,18)19)8-21-15(14)23-2/h8-9H,6-7,10H2,2-5H3. The van der Waals surface area contributed by atoms with Crippen molar-refractivity contribution in [1.29, 1.82) is 0 Å². The molecule has 0 saturated heterocycles. The Hall–Kier alpha value is -2.05. The number of methoxy groups -OCH3 is 1. The van der Waals surface area contributed by atoms with Gasteiger partial charge in [0.1, 0.15) is 12.2 Å². The first-order valence-corrected chi connectivity index (χ1v) is 11.4. The van der Waals surface area contributed by atoms with Gasteiger partial charge in [0.25, 0.3) is 0 Å². The SMILES string of the molecule is [C-]#[N+]c1cn(COCC[Si](C)(C)C)c2c(OC)ncc(C(F)(F)F)c12. The Bertz CT molecular complexity index is 804. The van der Waals surface area contributed by atoms with E-state index in [2.05, 4.69) is 29.5 Å². The molecule has 0 fully saturated rings. The Balaban J connectivity index is 2.46. The number of hydrogen-bond acceptors (Lipinski definition) is 3. The van der Waals surface area contributed by atoms with Crippen LogP contribution in [0.3, 0.4) is 0 Å². The van der Waals surface area contributed by atoms with E-state index in [-0.39, 0.29) is 29.2 Å². The van der Waals surface area contributed by atoms with Crippen molar-refractivity contribution in [3.05, 3.63) is 29.4 Å². The van der Waals surface area contributed by atoms with Crippen molar-refractivity contribution in [2.45, 2.75) is 38.6 Å². The topological polar surface area (TPSA) is 40.6 Å². The van der Waals surface area contributed by atoms with Crippen LogP contribution in [0.2, 0.25) is 25.7 Å². The quantitative estimate of drug-likeness (QED) is 0.411. The van der Waals surface area contributed by atoms with Crippen molar-refractivity contribution in [2.75, 3.05) is 13.7 Å². The van der Waals surface area contributed by atoms with Crippen LogP contribution in [-0.2, 0) is 17.6 Å². The van der Waals surface area contributed by atoms with E-state index in [1.807, 2.05) is 0 Å². The van der Waals surface area contributed by atoms with E-state index in [1.54, 1.807) is 0 Å². The van der Waals surface area contributed by atoms with Gasteiger partial charge < -0.3 is 14.0 Å². The maximum Gasteiger partial charge on any atom is 0.417 e. The molecule has 5 nitrogen and oxygen atoms in total. The van der Waals surface area contributed by atoms with Crippen LogP contribution >= 0.6 is 0 Å². The summed E-state index contributed by atoms with van der Waals surface area (Å²) >= 11 is 0. The van der Waals surface area contributed by atoms with E-state index in [0.717, 1.165) is 6.04 Å². The molecule has 0 aliphatic heterocycles. The molecule has 2 heterocycles. The maximum absolute atomic E-state index is 13.3. The minimum Gasteiger partial charge on any atom is -0.480 e. The van der Waals surface area contributed by atoms with Crippen molar-refractivity contribution in [3.63, 3.8) is 0 Å². The summed E-state index contributed by atoms with van der Waals surface area (Å²) < 4.78 is 52.1. The molecule has 0 bridgehead atoms. The lowest BCUT2D eigenvalue weighted by molar-refractivity contribution is -0.136. The smallest absolute Gasteiger partial charge is 0.417 e. The molecule has 2 rings (SSSR count). The highest BCUT2D eigenvalue weighted by molar-refractivity contribution is 6.76. The Morgan fingerprint density at radius 1 is 1.32 bits per heavy atom. The van der Waals surface area contributed by atoms with Crippen LogP contribution in [0.25, 0.3) is 15.7 Å². The molecule has 0 aromatic carbocycles. The van der Waals surface area contributed by atoms with E-state index < -0.39 is 19.8 Å². The number of halogens is 3. The summed E-state index contributed by atoms with van der Waals surface area (Å²) in [5.74, 6) is 0.0340. The fraction of sp³-hybridized carbons (Fsp3) is 0.500. The Labute approximate surface area is 145 Å². The number of aromatic nitrogens is 2. The fourth-order valence-electron chi connectivity index (χ4n) is 2.38. The van der Waals surface area contributed by atoms with Gasteiger partial charge in [0, 0.05) is 32.5 Å². The number of rotatable bonds is 6. The van der Waals surface area contributed by atoms with Crippen molar-refractivity contribution >= 4 is 24.7 Å². The first-order valence-electron chi connectivity index (χ1n) is 7.66. The lowest BCUT2D eigenvalue weighted by Crippen LogP contribution is -2.22. The van der Waals surface area contributed by atoms with Crippen LogP contribution < -0.4 is 4.74 Å². The summed E-state index contributed by atoms with van der Waals surface area (Å²) in [5.41, 5.74) is -0.928. The van der Waals surface area contributed by atoms with Gasteiger partial charge in [0.2, 0.25) is 11.6 Å². The molecule has 2 aromatic rings. The number of fused-ring (bicyclic) bond motifs is 1. The highest BCUT2D eigenvalue weighted by atomic mass is 28.3. The molecule has 0 aliphatic rings. The van der Waals surface area contributed by atoms with Crippen LogP contribution in [0.1, 0.15) is 5.56 Å². The predicted octanol–water partition coefficient (Wildman–Crippen LogP) is 4.93. The monoisotopic (exact) mass is 371 g/mol. The van der Waals surface area contributed by atoms with Crippen LogP contribution in [0.5, 0.6) is 5.88 Å². The zero-order valence-corrected chi connectivity index (χ0v) is 15.6. The molecule has 0 unspecified atom stereocenters. The van der Waals surface area contributed by atoms with E-state index >= 15 is 0 Å². The Morgan fingerprint density at radius 2 is 2.00 bits per heavy atom. The fourth-order valence-corrected chi connectivity index (χ4v) is 3.13. The highest BCUT2D eigenvalue weighted by Crippen LogP contribution is 2.42. The average Bonchev–Trinajstić information content (AvgIpc) is 2.87. The molecule has 25 heavy (non-hydrogen) atoms. The van der Waals surface area contributed by atoms with E-state index in [0.29, 0.717) is 12.8 Å². The Kier molecular flexibility index (Phi) is 5.44. The van der Waals surface area contributed by atoms with E-state index in [9.17, 15) is 13.2 Å². The third-order valence-electron chi connectivity index (χ3n) is 3.69. The van der Waals surface area contributed by atoms with Gasteiger partial charge in [-0.1, -0.05) is 19.6 Å². The lowest BCUT2D eigenvalue weighted by Gasteiger charge is -2.16. The Morgan fingerprint density at radius 3 is 2.52 bits per heavy atom. The summed E-state index contributed by atoms with van der Waals surface area (Å²) in [6.45, 7) is 14.4. The maximum atomic E-state index is 13.3. The molecule has 0 spiro atoms. The van der Waals surface area contributed by atoms with Gasteiger partial charge in [0.05, 0.1) is 19.2 Å².